The molecular weight excluding hydrogens is 307 g/mol. The third-order valence-electron chi connectivity index (χ3n) is 8.92. The van der Waals surface area contributed by atoms with Gasteiger partial charge in [0, 0.05) is 0 Å². The van der Waals surface area contributed by atoms with Gasteiger partial charge in [-0.3, -0.25) is 0 Å². The van der Waals surface area contributed by atoms with E-state index in [1.165, 1.54) is 0 Å². The number of rotatable bonds is 2. The van der Waals surface area contributed by atoms with Gasteiger partial charge >= 0.3 is 0 Å². The minimum absolute atomic E-state index is 0.208. The summed E-state index contributed by atoms with van der Waals surface area (Å²) in [5.74, 6) is 8.65. The minimum Gasteiger partial charge on any atom is -0.0958 e. The molecule has 0 atom stereocenters. The van der Waals surface area contributed by atoms with E-state index in [2.05, 4.69) is 0 Å². The van der Waals surface area contributed by atoms with Crippen LogP contribution in [0.3, 0.4) is 0 Å². The zero-order valence-electron chi connectivity index (χ0n) is 13.7. The molecular formula is C20H30ClP. The molecule has 0 nitrogen and oxygen atoms in total. The maximum Gasteiger partial charge on any atom is -0.00107 e. The Morgan fingerprint density at radius 3 is 1.00 bits per heavy atom. The summed E-state index contributed by atoms with van der Waals surface area (Å²) in [6, 6.07) is 0. The van der Waals surface area contributed by atoms with Crippen LogP contribution in [0.15, 0.2) is 0 Å². The molecule has 0 aromatic rings. The monoisotopic (exact) mass is 336 g/mol. The highest BCUT2D eigenvalue weighted by atomic mass is 35.7. The van der Waals surface area contributed by atoms with E-state index in [1.54, 1.807) is 64.2 Å². The highest BCUT2D eigenvalue weighted by molar-refractivity contribution is 7.85. The first-order valence-corrected chi connectivity index (χ1v) is 12.6. The summed E-state index contributed by atoms with van der Waals surface area (Å²) in [7, 11) is -0.208. The average Bonchev–Trinajstić information content (AvgIpc) is 2.44. The molecule has 0 aliphatic heterocycles. The molecule has 8 aliphatic carbocycles. The summed E-state index contributed by atoms with van der Waals surface area (Å²) in [6.45, 7) is 0. The summed E-state index contributed by atoms with van der Waals surface area (Å²) >= 11 is 7.43. The Morgan fingerprint density at radius 2 is 0.727 bits per heavy atom. The molecule has 0 N–H and O–H groups in total. The van der Waals surface area contributed by atoms with E-state index in [-0.39, 0.29) is 7.27 Å². The van der Waals surface area contributed by atoms with Crippen molar-refractivity contribution in [2.45, 2.75) is 75.5 Å². The van der Waals surface area contributed by atoms with Gasteiger partial charge in [-0.15, -0.1) is 0 Å². The van der Waals surface area contributed by atoms with Gasteiger partial charge in [-0.05, 0) is 130 Å². The van der Waals surface area contributed by atoms with Crippen molar-refractivity contribution in [2.24, 2.45) is 47.3 Å². The standard InChI is InChI=1S/C20H30ClP/c21-22(19-15-3-11-1-12(5-15)6-16(19)4-11)20-17-7-13-2-14(9-17)10-18(20)8-13/h11-20H,1-10H2. The molecule has 8 bridgehead atoms. The minimum atomic E-state index is -0.208. The molecule has 8 fully saturated rings. The first-order valence-electron chi connectivity index (χ1n) is 10.2. The Morgan fingerprint density at radius 1 is 0.455 bits per heavy atom. The molecule has 0 unspecified atom stereocenters. The molecule has 0 radical (unpaired) electrons. The second-order valence-electron chi connectivity index (χ2n) is 10.2. The van der Waals surface area contributed by atoms with Crippen LogP contribution in [0.5, 0.6) is 0 Å². The van der Waals surface area contributed by atoms with Crippen molar-refractivity contribution < 1.29 is 0 Å². The van der Waals surface area contributed by atoms with Gasteiger partial charge in [-0.1, -0.05) is 11.2 Å². The lowest BCUT2D eigenvalue weighted by Gasteiger charge is -2.60. The van der Waals surface area contributed by atoms with Crippen molar-refractivity contribution in [3.63, 3.8) is 0 Å². The summed E-state index contributed by atoms with van der Waals surface area (Å²) in [6.07, 6.45) is 15.7. The van der Waals surface area contributed by atoms with Crippen LogP contribution in [-0.4, -0.2) is 11.3 Å². The molecule has 0 saturated heterocycles. The third-order valence-corrected chi connectivity index (χ3v) is 13.1. The average molecular weight is 337 g/mol. The van der Waals surface area contributed by atoms with E-state index in [0.717, 1.165) is 58.7 Å². The van der Waals surface area contributed by atoms with Crippen LogP contribution in [0.4, 0.5) is 0 Å². The van der Waals surface area contributed by atoms with Gasteiger partial charge in [0.25, 0.3) is 0 Å². The quantitative estimate of drug-likeness (QED) is 0.521. The van der Waals surface area contributed by atoms with Crippen LogP contribution < -0.4 is 0 Å². The molecule has 0 heterocycles. The summed E-state index contributed by atoms with van der Waals surface area (Å²) < 4.78 is 0. The molecule has 0 spiro atoms. The highest BCUT2D eigenvalue weighted by Gasteiger charge is 2.56. The second-order valence-corrected chi connectivity index (χ2v) is 13.2. The van der Waals surface area contributed by atoms with Crippen molar-refractivity contribution in [3.8, 4) is 0 Å². The van der Waals surface area contributed by atoms with Gasteiger partial charge in [0.15, 0.2) is 0 Å². The predicted octanol–water partition coefficient (Wildman–Crippen LogP) is 6.27. The van der Waals surface area contributed by atoms with E-state index >= 15 is 0 Å². The summed E-state index contributed by atoms with van der Waals surface area (Å²) in [4.78, 5) is 0. The zero-order valence-corrected chi connectivity index (χ0v) is 15.3. The molecule has 8 rings (SSSR count). The SMILES string of the molecule is ClP(C1C2CC3CC(C2)CC1C3)C1C2CC3CC(C2)CC1C3. The summed E-state index contributed by atoms with van der Waals surface area (Å²) in [5.41, 5.74) is 1.96. The summed E-state index contributed by atoms with van der Waals surface area (Å²) in [5, 5.41) is 0. The number of halogens is 1. The molecule has 2 heteroatoms. The molecule has 0 aromatic carbocycles. The van der Waals surface area contributed by atoms with E-state index in [0.29, 0.717) is 0 Å². The van der Waals surface area contributed by atoms with Gasteiger partial charge in [0.2, 0.25) is 0 Å². The maximum absolute atomic E-state index is 7.43. The Kier molecular flexibility index (Phi) is 3.09. The first-order chi connectivity index (χ1) is 10.7. The zero-order chi connectivity index (χ0) is 14.4. The lowest BCUT2D eigenvalue weighted by Crippen LogP contribution is -2.51. The Balaban J connectivity index is 1.28. The molecule has 22 heavy (non-hydrogen) atoms. The second kappa shape index (κ2) is 4.88. The predicted molar refractivity (Wildman–Crippen MR) is 94.4 cm³/mol. The Labute approximate surface area is 141 Å². The molecule has 8 aliphatic rings. The van der Waals surface area contributed by atoms with Crippen molar-refractivity contribution >= 4 is 18.5 Å². The molecule has 8 saturated carbocycles. The van der Waals surface area contributed by atoms with Gasteiger partial charge in [0.1, 0.15) is 0 Å². The molecule has 0 aromatic heterocycles. The van der Waals surface area contributed by atoms with Crippen LogP contribution in [0.2, 0.25) is 0 Å². The van der Waals surface area contributed by atoms with Gasteiger partial charge in [-0.2, -0.15) is 0 Å². The first kappa shape index (κ1) is 13.9. The lowest BCUT2D eigenvalue weighted by molar-refractivity contribution is 0.0140. The van der Waals surface area contributed by atoms with Crippen molar-refractivity contribution in [2.75, 3.05) is 0 Å². The van der Waals surface area contributed by atoms with E-state index in [1.807, 2.05) is 0 Å². The maximum atomic E-state index is 7.43. The van der Waals surface area contributed by atoms with Crippen LogP contribution >= 0.6 is 18.5 Å². The van der Waals surface area contributed by atoms with Crippen molar-refractivity contribution in [1.29, 1.82) is 0 Å². The third kappa shape index (κ3) is 1.92. The topological polar surface area (TPSA) is 0 Å². The van der Waals surface area contributed by atoms with Gasteiger partial charge in [0.05, 0.1) is 0 Å². The molecule has 0 amide bonds. The van der Waals surface area contributed by atoms with Crippen LogP contribution in [-0.2, 0) is 0 Å². The van der Waals surface area contributed by atoms with Crippen LogP contribution in [0.25, 0.3) is 0 Å². The smallest absolute Gasteiger partial charge is 0.00107 e. The van der Waals surface area contributed by atoms with Crippen LogP contribution in [0.1, 0.15) is 64.2 Å². The van der Waals surface area contributed by atoms with Crippen molar-refractivity contribution in [1.82, 2.24) is 0 Å². The van der Waals surface area contributed by atoms with Crippen LogP contribution in [0, 0.1) is 47.3 Å². The Hall–Kier alpha value is 0.720. The normalized spacial score (nSPS) is 62.6. The van der Waals surface area contributed by atoms with E-state index < -0.39 is 0 Å². The van der Waals surface area contributed by atoms with E-state index in [9.17, 15) is 0 Å². The largest absolute Gasteiger partial charge is 0.0958 e. The van der Waals surface area contributed by atoms with Gasteiger partial charge in [-0.25, -0.2) is 0 Å². The van der Waals surface area contributed by atoms with Gasteiger partial charge < -0.3 is 0 Å². The fourth-order valence-electron chi connectivity index (χ4n) is 8.80. The Bertz CT molecular complexity index is 376. The fourth-order valence-corrected chi connectivity index (χ4v) is 13.7. The lowest BCUT2D eigenvalue weighted by atomic mass is 9.56. The highest BCUT2D eigenvalue weighted by Crippen LogP contribution is 2.72. The molecule has 122 valence electrons. The van der Waals surface area contributed by atoms with E-state index in [4.69, 9.17) is 11.2 Å². The number of hydrogen-bond donors (Lipinski definition) is 0. The van der Waals surface area contributed by atoms with Crippen molar-refractivity contribution in [3.05, 3.63) is 0 Å². The number of hydrogen-bond acceptors (Lipinski definition) is 0. The fraction of sp³-hybridized carbons (Fsp3) is 1.00.